The molecule has 0 atom stereocenters. The lowest BCUT2D eigenvalue weighted by Gasteiger charge is -2.34. The summed E-state index contributed by atoms with van der Waals surface area (Å²) < 4.78 is 1.95. The second-order valence-corrected chi connectivity index (χ2v) is 8.68. The van der Waals surface area contributed by atoms with Crippen LogP contribution < -0.4 is 0 Å². The van der Waals surface area contributed by atoms with E-state index in [0.29, 0.717) is 0 Å². The molecule has 1 aromatic rings. The van der Waals surface area contributed by atoms with Crippen LogP contribution in [0, 0.1) is 5.92 Å². The van der Waals surface area contributed by atoms with Gasteiger partial charge >= 0.3 is 0 Å². The standard InChI is InChI=1S/C15H22Br2N2OS/c1-3-18(4-2)10-11-5-7-19(8-6-11)15(20)13-9-12(16)14(17)21-13/h9,11H,3-8,10H2,1-2H3. The fraction of sp³-hybridized carbons (Fsp3) is 0.667. The number of piperidine rings is 1. The van der Waals surface area contributed by atoms with Crippen molar-refractivity contribution >= 4 is 49.1 Å². The molecule has 0 aliphatic carbocycles. The second-order valence-electron chi connectivity index (χ2n) is 5.45. The average Bonchev–Trinajstić information content (AvgIpc) is 2.84. The molecule has 6 heteroatoms. The van der Waals surface area contributed by atoms with Gasteiger partial charge in [0.15, 0.2) is 0 Å². The van der Waals surface area contributed by atoms with Crippen LogP contribution in [0.15, 0.2) is 14.3 Å². The molecule has 2 rings (SSSR count). The first-order valence-electron chi connectivity index (χ1n) is 7.51. The molecule has 2 heterocycles. The Morgan fingerprint density at radius 3 is 2.43 bits per heavy atom. The molecular formula is C15H22Br2N2OS. The quantitative estimate of drug-likeness (QED) is 0.678. The Bertz CT molecular complexity index is 461. The summed E-state index contributed by atoms with van der Waals surface area (Å²) in [5.74, 6) is 0.906. The average molecular weight is 438 g/mol. The number of carbonyl (C=O) groups excluding carboxylic acids is 1. The van der Waals surface area contributed by atoms with Gasteiger partial charge in [0.05, 0.1) is 8.66 Å². The molecule has 0 aromatic carbocycles. The predicted molar refractivity (Wildman–Crippen MR) is 96.1 cm³/mol. The minimum absolute atomic E-state index is 0.174. The zero-order chi connectivity index (χ0) is 15.4. The Hall–Kier alpha value is 0.0900. The van der Waals surface area contributed by atoms with Gasteiger partial charge in [-0.15, -0.1) is 11.3 Å². The van der Waals surface area contributed by atoms with Gasteiger partial charge in [0.1, 0.15) is 0 Å². The molecule has 1 amide bonds. The fourth-order valence-electron chi connectivity index (χ4n) is 2.77. The fourth-order valence-corrected chi connectivity index (χ4v) is 4.78. The topological polar surface area (TPSA) is 23.6 Å². The lowest BCUT2D eigenvalue weighted by atomic mass is 9.96. The summed E-state index contributed by atoms with van der Waals surface area (Å²) in [6, 6.07) is 1.92. The highest BCUT2D eigenvalue weighted by Gasteiger charge is 2.25. The van der Waals surface area contributed by atoms with Gasteiger partial charge in [-0.25, -0.2) is 0 Å². The number of halogens is 2. The maximum absolute atomic E-state index is 12.5. The molecule has 3 nitrogen and oxygen atoms in total. The Balaban J connectivity index is 1.87. The predicted octanol–water partition coefficient (Wildman–Crippen LogP) is 4.47. The molecule has 118 valence electrons. The van der Waals surface area contributed by atoms with Gasteiger partial charge < -0.3 is 9.80 Å². The highest BCUT2D eigenvalue weighted by Crippen LogP contribution is 2.33. The van der Waals surface area contributed by atoms with E-state index in [-0.39, 0.29) is 5.91 Å². The SMILES string of the molecule is CCN(CC)CC1CCN(C(=O)c2cc(Br)c(Br)s2)CC1. The van der Waals surface area contributed by atoms with E-state index >= 15 is 0 Å². The molecule has 0 saturated carbocycles. The van der Waals surface area contributed by atoms with Crippen LogP contribution >= 0.6 is 43.2 Å². The number of thiophene rings is 1. The van der Waals surface area contributed by atoms with Crippen LogP contribution in [0.25, 0.3) is 0 Å². The van der Waals surface area contributed by atoms with Gasteiger partial charge in [-0.2, -0.15) is 0 Å². The van der Waals surface area contributed by atoms with E-state index in [1.54, 1.807) is 0 Å². The summed E-state index contributed by atoms with van der Waals surface area (Å²) in [4.78, 5) is 17.8. The molecule has 0 spiro atoms. The van der Waals surface area contributed by atoms with Crippen molar-refractivity contribution in [1.82, 2.24) is 9.80 Å². The summed E-state index contributed by atoms with van der Waals surface area (Å²) in [5.41, 5.74) is 0. The van der Waals surface area contributed by atoms with Crippen molar-refractivity contribution in [1.29, 1.82) is 0 Å². The van der Waals surface area contributed by atoms with Gasteiger partial charge in [-0.3, -0.25) is 4.79 Å². The third kappa shape index (κ3) is 4.53. The monoisotopic (exact) mass is 436 g/mol. The van der Waals surface area contributed by atoms with E-state index in [1.807, 2.05) is 11.0 Å². The van der Waals surface area contributed by atoms with Gasteiger partial charge in [-0.05, 0) is 69.8 Å². The largest absolute Gasteiger partial charge is 0.338 e. The highest BCUT2D eigenvalue weighted by molar-refractivity contribution is 9.13. The number of hydrogen-bond donors (Lipinski definition) is 0. The van der Waals surface area contributed by atoms with Crippen LogP contribution in [0.5, 0.6) is 0 Å². The van der Waals surface area contributed by atoms with E-state index < -0.39 is 0 Å². The third-order valence-electron chi connectivity index (χ3n) is 4.17. The molecule has 1 aliphatic rings. The molecule has 0 unspecified atom stereocenters. The summed E-state index contributed by atoms with van der Waals surface area (Å²) in [6.07, 6.45) is 2.24. The molecule has 0 N–H and O–H groups in total. The first kappa shape index (κ1) is 17.4. The first-order chi connectivity index (χ1) is 10.0. The van der Waals surface area contributed by atoms with Crippen LogP contribution in [0.1, 0.15) is 36.4 Å². The van der Waals surface area contributed by atoms with E-state index in [1.165, 1.54) is 17.9 Å². The van der Waals surface area contributed by atoms with E-state index in [2.05, 4.69) is 50.6 Å². The normalized spacial score (nSPS) is 16.7. The van der Waals surface area contributed by atoms with Crippen molar-refractivity contribution in [3.63, 3.8) is 0 Å². The van der Waals surface area contributed by atoms with Gasteiger partial charge in [0.2, 0.25) is 0 Å². The Kier molecular flexibility index (Phi) is 6.72. The van der Waals surface area contributed by atoms with E-state index in [4.69, 9.17) is 0 Å². The molecule has 1 aliphatic heterocycles. The van der Waals surface area contributed by atoms with Crippen molar-refractivity contribution in [3.05, 3.63) is 19.2 Å². The van der Waals surface area contributed by atoms with Crippen LogP contribution in [-0.4, -0.2) is 48.4 Å². The molecule has 1 aromatic heterocycles. The lowest BCUT2D eigenvalue weighted by Crippen LogP contribution is -2.41. The van der Waals surface area contributed by atoms with E-state index in [0.717, 1.165) is 58.1 Å². The summed E-state index contributed by atoms with van der Waals surface area (Å²) in [6.45, 7) is 9.62. The van der Waals surface area contributed by atoms with Crippen molar-refractivity contribution < 1.29 is 4.79 Å². The number of amides is 1. The van der Waals surface area contributed by atoms with Gasteiger partial charge in [-0.1, -0.05) is 13.8 Å². The number of hydrogen-bond acceptors (Lipinski definition) is 3. The van der Waals surface area contributed by atoms with Crippen LogP contribution in [0.4, 0.5) is 0 Å². The van der Waals surface area contributed by atoms with Gasteiger partial charge in [0, 0.05) is 24.1 Å². The van der Waals surface area contributed by atoms with Crippen molar-refractivity contribution in [2.24, 2.45) is 5.92 Å². The van der Waals surface area contributed by atoms with Crippen molar-refractivity contribution in [2.45, 2.75) is 26.7 Å². The lowest BCUT2D eigenvalue weighted by molar-refractivity contribution is 0.0674. The minimum Gasteiger partial charge on any atom is -0.338 e. The maximum Gasteiger partial charge on any atom is 0.264 e. The minimum atomic E-state index is 0.174. The summed E-state index contributed by atoms with van der Waals surface area (Å²) >= 11 is 8.41. The third-order valence-corrected chi connectivity index (χ3v) is 7.41. The highest BCUT2D eigenvalue weighted by atomic mass is 79.9. The molecular weight excluding hydrogens is 416 g/mol. The number of likely N-dealkylation sites (tertiary alicyclic amines) is 1. The molecule has 21 heavy (non-hydrogen) atoms. The second kappa shape index (κ2) is 8.09. The Morgan fingerprint density at radius 1 is 1.33 bits per heavy atom. The van der Waals surface area contributed by atoms with Crippen LogP contribution in [0.3, 0.4) is 0 Å². The van der Waals surface area contributed by atoms with E-state index in [9.17, 15) is 4.79 Å². The Labute approximate surface area is 147 Å². The summed E-state index contributed by atoms with van der Waals surface area (Å²) in [5, 5.41) is 0. The smallest absolute Gasteiger partial charge is 0.264 e. The zero-order valence-corrected chi connectivity index (χ0v) is 16.6. The molecule has 0 radical (unpaired) electrons. The zero-order valence-electron chi connectivity index (χ0n) is 12.6. The van der Waals surface area contributed by atoms with Crippen LogP contribution in [0.2, 0.25) is 0 Å². The molecule has 0 bridgehead atoms. The molecule has 1 fully saturated rings. The van der Waals surface area contributed by atoms with Gasteiger partial charge in [0.25, 0.3) is 5.91 Å². The first-order valence-corrected chi connectivity index (χ1v) is 9.91. The van der Waals surface area contributed by atoms with Crippen LogP contribution in [-0.2, 0) is 0 Å². The maximum atomic E-state index is 12.5. The number of rotatable bonds is 5. The number of nitrogens with zero attached hydrogens (tertiary/aromatic N) is 2. The Morgan fingerprint density at radius 2 is 1.95 bits per heavy atom. The van der Waals surface area contributed by atoms with Crippen molar-refractivity contribution in [2.75, 3.05) is 32.7 Å². The van der Waals surface area contributed by atoms with Crippen molar-refractivity contribution in [3.8, 4) is 0 Å². The number of carbonyl (C=O) groups is 1. The molecule has 1 saturated heterocycles. The summed E-state index contributed by atoms with van der Waals surface area (Å²) in [7, 11) is 0.